The molecule has 0 saturated carbocycles. The van der Waals surface area contributed by atoms with Crippen molar-refractivity contribution in [2.24, 2.45) is 0 Å². The van der Waals surface area contributed by atoms with Gasteiger partial charge in [-0.15, -0.1) is 0 Å². The third kappa shape index (κ3) is 3.37. The van der Waals surface area contributed by atoms with Gasteiger partial charge >= 0.3 is 0 Å². The first-order valence-corrected chi connectivity index (χ1v) is 7.88. The highest BCUT2D eigenvalue weighted by molar-refractivity contribution is 9.10. The van der Waals surface area contributed by atoms with E-state index in [4.69, 9.17) is 10.5 Å². The zero-order valence-electron chi connectivity index (χ0n) is 10.7. The van der Waals surface area contributed by atoms with E-state index in [0.29, 0.717) is 21.9 Å². The number of methoxy groups -OCH3 is 1. The van der Waals surface area contributed by atoms with Crippen LogP contribution in [0.25, 0.3) is 0 Å². The van der Waals surface area contributed by atoms with Crippen LogP contribution in [-0.2, 0) is 16.6 Å². The Morgan fingerprint density at radius 3 is 2.75 bits per heavy atom. The van der Waals surface area contributed by atoms with E-state index in [1.807, 2.05) is 0 Å². The van der Waals surface area contributed by atoms with Crippen LogP contribution in [0.1, 0.15) is 5.56 Å². The molecule has 1 unspecified atom stereocenters. The standard InChI is InChI=1S/C14H13BrFNO2S/c1-19-13-7-11(17)3-5-14(13)20(18)8-9-6-10(15)2-4-12(9)16/h2-7H,8,17H2,1H3. The molecule has 0 aliphatic rings. The molecule has 2 rings (SSSR count). The van der Waals surface area contributed by atoms with Gasteiger partial charge in [0.15, 0.2) is 0 Å². The first-order chi connectivity index (χ1) is 9.51. The Balaban J connectivity index is 2.30. The van der Waals surface area contributed by atoms with Crippen molar-refractivity contribution in [1.29, 1.82) is 0 Å². The highest BCUT2D eigenvalue weighted by Crippen LogP contribution is 2.27. The van der Waals surface area contributed by atoms with Crippen LogP contribution in [0.15, 0.2) is 45.8 Å². The van der Waals surface area contributed by atoms with Gasteiger partial charge in [-0.2, -0.15) is 0 Å². The highest BCUT2D eigenvalue weighted by atomic mass is 79.9. The SMILES string of the molecule is COc1cc(N)ccc1S(=O)Cc1cc(Br)ccc1F. The Morgan fingerprint density at radius 2 is 2.05 bits per heavy atom. The molecule has 2 N–H and O–H groups in total. The minimum absolute atomic E-state index is 0.0750. The average Bonchev–Trinajstić information content (AvgIpc) is 2.42. The van der Waals surface area contributed by atoms with E-state index in [1.165, 1.54) is 13.2 Å². The number of anilines is 1. The maximum Gasteiger partial charge on any atom is 0.137 e. The Morgan fingerprint density at radius 1 is 1.30 bits per heavy atom. The van der Waals surface area contributed by atoms with Gasteiger partial charge in [0.1, 0.15) is 11.6 Å². The van der Waals surface area contributed by atoms with E-state index < -0.39 is 10.8 Å². The zero-order chi connectivity index (χ0) is 14.7. The van der Waals surface area contributed by atoms with Gasteiger partial charge < -0.3 is 10.5 Å². The largest absolute Gasteiger partial charge is 0.495 e. The van der Waals surface area contributed by atoms with Crippen molar-refractivity contribution in [3.8, 4) is 5.75 Å². The fourth-order valence-corrected chi connectivity index (χ4v) is 3.40. The number of hydrogen-bond donors (Lipinski definition) is 1. The van der Waals surface area contributed by atoms with Gasteiger partial charge in [-0.25, -0.2) is 4.39 Å². The lowest BCUT2D eigenvalue weighted by molar-refractivity contribution is 0.404. The molecule has 3 nitrogen and oxygen atoms in total. The summed E-state index contributed by atoms with van der Waals surface area (Å²) >= 11 is 3.27. The Hall–Kier alpha value is -1.40. The highest BCUT2D eigenvalue weighted by Gasteiger charge is 2.14. The molecule has 0 fully saturated rings. The lowest BCUT2D eigenvalue weighted by Gasteiger charge is -2.10. The summed E-state index contributed by atoms with van der Waals surface area (Å²) in [6, 6.07) is 9.46. The first kappa shape index (κ1) is 15.0. The Kier molecular flexibility index (Phi) is 4.77. The average molecular weight is 358 g/mol. The predicted molar refractivity (Wildman–Crippen MR) is 81.6 cm³/mol. The van der Waals surface area contributed by atoms with E-state index in [0.717, 1.165) is 4.47 Å². The molecule has 0 bridgehead atoms. The van der Waals surface area contributed by atoms with Crippen molar-refractivity contribution < 1.29 is 13.3 Å². The molecule has 0 heterocycles. The molecule has 0 saturated heterocycles. The molecule has 2 aromatic rings. The van der Waals surface area contributed by atoms with Crippen LogP contribution in [0.3, 0.4) is 0 Å². The molecule has 1 atom stereocenters. The molecular formula is C14H13BrFNO2S. The quantitative estimate of drug-likeness (QED) is 0.852. The second kappa shape index (κ2) is 6.37. The normalized spacial score (nSPS) is 12.2. The van der Waals surface area contributed by atoms with E-state index in [1.54, 1.807) is 30.3 Å². The molecule has 0 radical (unpaired) electrons. The zero-order valence-corrected chi connectivity index (χ0v) is 13.1. The fraction of sp³-hybridized carbons (Fsp3) is 0.143. The van der Waals surface area contributed by atoms with Crippen LogP contribution in [0.5, 0.6) is 5.75 Å². The van der Waals surface area contributed by atoms with Crippen molar-refractivity contribution in [1.82, 2.24) is 0 Å². The van der Waals surface area contributed by atoms with Crippen molar-refractivity contribution in [2.75, 3.05) is 12.8 Å². The van der Waals surface area contributed by atoms with Crippen LogP contribution in [0, 0.1) is 5.82 Å². The third-order valence-electron chi connectivity index (χ3n) is 2.73. The van der Waals surface area contributed by atoms with Gasteiger partial charge in [-0.05, 0) is 30.3 Å². The number of nitrogens with two attached hydrogens (primary N) is 1. The van der Waals surface area contributed by atoms with Gasteiger partial charge in [0.25, 0.3) is 0 Å². The minimum atomic E-state index is -1.41. The van der Waals surface area contributed by atoms with Gasteiger partial charge in [0, 0.05) is 21.8 Å². The second-order valence-electron chi connectivity index (χ2n) is 4.14. The first-order valence-electron chi connectivity index (χ1n) is 5.77. The van der Waals surface area contributed by atoms with Crippen LogP contribution >= 0.6 is 15.9 Å². The lowest BCUT2D eigenvalue weighted by atomic mass is 10.2. The second-order valence-corrected chi connectivity index (χ2v) is 6.47. The smallest absolute Gasteiger partial charge is 0.137 e. The van der Waals surface area contributed by atoms with E-state index in [-0.39, 0.29) is 11.6 Å². The predicted octanol–water partition coefficient (Wildman–Crippen LogP) is 3.49. The number of benzene rings is 2. The summed E-state index contributed by atoms with van der Waals surface area (Å²) in [7, 11) is 0.0673. The number of hydrogen-bond acceptors (Lipinski definition) is 3. The van der Waals surface area contributed by atoms with E-state index in [2.05, 4.69) is 15.9 Å². The van der Waals surface area contributed by atoms with Crippen molar-refractivity contribution in [3.05, 3.63) is 52.3 Å². The fourth-order valence-electron chi connectivity index (χ4n) is 1.75. The molecule has 0 amide bonds. The van der Waals surface area contributed by atoms with Gasteiger partial charge in [-0.3, -0.25) is 4.21 Å². The van der Waals surface area contributed by atoms with Gasteiger partial charge in [-0.1, -0.05) is 15.9 Å². The molecule has 0 aliphatic heterocycles. The Labute approximate surface area is 127 Å². The van der Waals surface area contributed by atoms with Gasteiger partial charge in [0.05, 0.1) is 28.6 Å². The summed E-state index contributed by atoms with van der Waals surface area (Å²) in [5.41, 5.74) is 6.56. The van der Waals surface area contributed by atoms with E-state index in [9.17, 15) is 8.60 Å². The van der Waals surface area contributed by atoms with Crippen LogP contribution in [0.2, 0.25) is 0 Å². The molecule has 6 heteroatoms. The summed E-state index contributed by atoms with van der Waals surface area (Å²) < 4.78 is 32.0. The summed E-state index contributed by atoms with van der Waals surface area (Å²) in [4.78, 5) is 0.501. The topological polar surface area (TPSA) is 52.3 Å². The van der Waals surface area contributed by atoms with Crippen LogP contribution in [0.4, 0.5) is 10.1 Å². The molecule has 20 heavy (non-hydrogen) atoms. The lowest BCUT2D eigenvalue weighted by Crippen LogP contribution is -2.02. The maximum absolute atomic E-state index is 13.7. The molecule has 2 aromatic carbocycles. The number of halogens is 2. The minimum Gasteiger partial charge on any atom is -0.495 e. The number of ether oxygens (including phenoxy) is 1. The summed E-state index contributed by atoms with van der Waals surface area (Å²) in [6.07, 6.45) is 0. The van der Waals surface area contributed by atoms with Crippen LogP contribution < -0.4 is 10.5 Å². The molecule has 0 spiro atoms. The Bertz CT molecular complexity index is 664. The number of rotatable bonds is 4. The maximum atomic E-state index is 13.7. The number of nitrogen functional groups attached to an aromatic ring is 1. The summed E-state index contributed by atoms with van der Waals surface area (Å²) in [5, 5.41) is 0. The van der Waals surface area contributed by atoms with E-state index >= 15 is 0 Å². The summed E-state index contributed by atoms with van der Waals surface area (Å²) in [5.74, 6) is 0.139. The van der Waals surface area contributed by atoms with Crippen LogP contribution in [-0.4, -0.2) is 11.3 Å². The van der Waals surface area contributed by atoms with Crippen molar-refractivity contribution in [3.63, 3.8) is 0 Å². The third-order valence-corrected chi connectivity index (χ3v) is 4.62. The molecule has 0 aromatic heterocycles. The summed E-state index contributed by atoms with van der Waals surface area (Å²) in [6.45, 7) is 0. The monoisotopic (exact) mass is 357 g/mol. The molecule has 106 valence electrons. The van der Waals surface area contributed by atoms with Gasteiger partial charge in [0.2, 0.25) is 0 Å². The molecule has 0 aliphatic carbocycles. The van der Waals surface area contributed by atoms with Crippen molar-refractivity contribution >= 4 is 32.4 Å². The van der Waals surface area contributed by atoms with Crippen molar-refractivity contribution in [2.45, 2.75) is 10.6 Å². The molecular weight excluding hydrogens is 345 g/mol.